The van der Waals surface area contributed by atoms with Crippen LogP contribution in [0.3, 0.4) is 0 Å². The van der Waals surface area contributed by atoms with E-state index in [0.717, 1.165) is 16.8 Å². The summed E-state index contributed by atoms with van der Waals surface area (Å²) in [6.45, 7) is 0.217. The van der Waals surface area contributed by atoms with Gasteiger partial charge in [-0.25, -0.2) is 4.68 Å². The van der Waals surface area contributed by atoms with E-state index < -0.39 is 5.91 Å². The van der Waals surface area contributed by atoms with Crippen molar-refractivity contribution >= 4 is 17.9 Å². The van der Waals surface area contributed by atoms with Crippen LogP contribution >= 0.6 is 0 Å². The Kier molecular flexibility index (Phi) is 6.20. The predicted octanol–water partition coefficient (Wildman–Crippen LogP) is 2.07. The maximum absolute atomic E-state index is 12.0. The summed E-state index contributed by atoms with van der Waals surface area (Å²) >= 11 is 0. The number of amides is 2. The van der Waals surface area contributed by atoms with Gasteiger partial charge >= 0.3 is 0 Å². The average molecular weight is 376 g/mol. The van der Waals surface area contributed by atoms with Crippen molar-refractivity contribution < 1.29 is 14.3 Å². The van der Waals surface area contributed by atoms with Gasteiger partial charge in [-0.15, -0.1) is 0 Å². The molecule has 0 spiro atoms. The first-order valence-electron chi connectivity index (χ1n) is 8.66. The third-order valence-corrected chi connectivity index (χ3v) is 3.81. The third kappa shape index (κ3) is 5.57. The molecule has 2 amide bonds. The molecule has 28 heavy (non-hydrogen) atoms. The molecule has 0 bridgehead atoms. The number of nitrogens with one attached hydrogen (secondary N) is 1. The smallest absolute Gasteiger partial charge is 0.255 e. The van der Waals surface area contributed by atoms with Crippen molar-refractivity contribution in [3.63, 3.8) is 0 Å². The number of hydrogen-bond acceptors (Lipinski definition) is 4. The van der Waals surface area contributed by atoms with Gasteiger partial charge in [0.05, 0.1) is 11.9 Å². The number of benzene rings is 2. The van der Waals surface area contributed by atoms with Crippen molar-refractivity contribution in [2.75, 3.05) is 6.61 Å². The van der Waals surface area contributed by atoms with Crippen molar-refractivity contribution in [3.8, 4) is 11.4 Å². The molecule has 142 valence electrons. The number of nitrogens with zero attached hydrogens (tertiary/aromatic N) is 2. The van der Waals surface area contributed by atoms with Crippen molar-refractivity contribution in [3.05, 3.63) is 84.2 Å². The fourth-order valence-corrected chi connectivity index (χ4v) is 2.42. The number of aromatic nitrogens is 2. The van der Waals surface area contributed by atoms with Gasteiger partial charge < -0.3 is 15.8 Å². The van der Waals surface area contributed by atoms with E-state index in [1.165, 1.54) is 6.08 Å². The summed E-state index contributed by atoms with van der Waals surface area (Å²) in [5.41, 5.74) is 7.73. The lowest BCUT2D eigenvalue weighted by atomic mass is 10.2. The van der Waals surface area contributed by atoms with Gasteiger partial charge in [-0.2, -0.15) is 5.10 Å². The van der Waals surface area contributed by atoms with Gasteiger partial charge in [0.1, 0.15) is 5.75 Å². The van der Waals surface area contributed by atoms with Gasteiger partial charge in [0.15, 0.2) is 6.61 Å². The number of ether oxygens (including phenoxy) is 1. The van der Waals surface area contributed by atoms with E-state index in [9.17, 15) is 9.59 Å². The van der Waals surface area contributed by atoms with E-state index in [1.54, 1.807) is 41.2 Å². The standard InChI is InChI=1S/C21H20N4O3/c22-20(26)15-28-19-9-6-16(7-10-19)8-11-21(27)23-12-17-13-24-25(14-17)18-4-2-1-3-5-18/h1-11,13-14H,12,15H2,(H2,22,26)(H,23,27)/b11-8+. The molecule has 1 aromatic heterocycles. The quantitative estimate of drug-likeness (QED) is 0.588. The normalized spacial score (nSPS) is 10.7. The second-order valence-corrected chi connectivity index (χ2v) is 6.00. The van der Waals surface area contributed by atoms with Gasteiger partial charge in [-0.05, 0) is 35.9 Å². The molecule has 0 aliphatic heterocycles. The number of nitrogens with two attached hydrogens (primary N) is 1. The zero-order valence-corrected chi connectivity index (χ0v) is 15.1. The van der Waals surface area contributed by atoms with Crippen molar-refractivity contribution in [1.82, 2.24) is 15.1 Å². The maximum Gasteiger partial charge on any atom is 0.255 e. The molecule has 0 saturated heterocycles. The highest BCUT2D eigenvalue weighted by Crippen LogP contribution is 2.13. The summed E-state index contributed by atoms with van der Waals surface area (Å²) in [6.07, 6.45) is 6.76. The Morgan fingerprint density at radius 3 is 2.57 bits per heavy atom. The molecular weight excluding hydrogens is 356 g/mol. The Morgan fingerprint density at radius 2 is 1.86 bits per heavy atom. The molecule has 7 nitrogen and oxygen atoms in total. The van der Waals surface area contributed by atoms with Gasteiger partial charge in [-0.3, -0.25) is 9.59 Å². The van der Waals surface area contributed by atoms with Crippen LogP contribution in [0.15, 0.2) is 73.1 Å². The van der Waals surface area contributed by atoms with Gasteiger partial charge in [0.25, 0.3) is 5.91 Å². The molecule has 0 aliphatic carbocycles. The number of para-hydroxylation sites is 1. The molecule has 0 radical (unpaired) electrons. The third-order valence-electron chi connectivity index (χ3n) is 3.81. The number of carbonyl (C=O) groups excluding carboxylic acids is 2. The van der Waals surface area contributed by atoms with E-state index >= 15 is 0 Å². The Balaban J connectivity index is 1.49. The minimum atomic E-state index is -0.532. The summed E-state index contributed by atoms with van der Waals surface area (Å²) in [7, 11) is 0. The van der Waals surface area contributed by atoms with Crippen molar-refractivity contribution in [2.24, 2.45) is 5.73 Å². The second kappa shape index (κ2) is 9.18. The SMILES string of the molecule is NC(=O)COc1ccc(/C=C/C(=O)NCc2cnn(-c3ccccc3)c2)cc1. The monoisotopic (exact) mass is 376 g/mol. The lowest BCUT2D eigenvalue weighted by Crippen LogP contribution is -2.20. The van der Waals surface area contributed by atoms with Crippen LogP contribution < -0.4 is 15.8 Å². The van der Waals surface area contributed by atoms with Crippen LogP contribution in [-0.2, 0) is 16.1 Å². The Labute approximate surface area is 162 Å². The maximum atomic E-state index is 12.0. The minimum Gasteiger partial charge on any atom is -0.484 e. The zero-order chi connectivity index (χ0) is 19.8. The summed E-state index contributed by atoms with van der Waals surface area (Å²) in [6, 6.07) is 16.7. The van der Waals surface area contributed by atoms with E-state index in [1.807, 2.05) is 36.5 Å². The Bertz CT molecular complexity index is 963. The van der Waals surface area contributed by atoms with Crippen LogP contribution in [0.5, 0.6) is 5.75 Å². The first kappa shape index (κ1) is 18.9. The number of hydrogen-bond donors (Lipinski definition) is 2. The highest BCUT2D eigenvalue weighted by atomic mass is 16.5. The molecule has 0 unspecified atom stereocenters. The zero-order valence-electron chi connectivity index (χ0n) is 15.1. The van der Waals surface area contributed by atoms with E-state index in [4.69, 9.17) is 10.5 Å². The largest absolute Gasteiger partial charge is 0.484 e. The molecule has 0 aliphatic rings. The highest BCUT2D eigenvalue weighted by Gasteiger charge is 2.02. The van der Waals surface area contributed by atoms with E-state index in [2.05, 4.69) is 10.4 Å². The first-order chi connectivity index (χ1) is 13.6. The van der Waals surface area contributed by atoms with Crippen LogP contribution in [0, 0.1) is 0 Å². The molecule has 0 saturated carbocycles. The molecule has 3 N–H and O–H groups in total. The lowest BCUT2D eigenvalue weighted by molar-refractivity contribution is -0.120. The summed E-state index contributed by atoms with van der Waals surface area (Å²) < 4.78 is 6.95. The van der Waals surface area contributed by atoms with E-state index in [-0.39, 0.29) is 12.5 Å². The van der Waals surface area contributed by atoms with Crippen LogP contribution in [0.4, 0.5) is 0 Å². The average Bonchev–Trinajstić information content (AvgIpc) is 3.20. The van der Waals surface area contributed by atoms with Gasteiger partial charge in [-0.1, -0.05) is 30.3 Å². The minimum absolute atomic E-state index is 0.168. The molecule has 0 fully saturated rings. The van der Waals surface area contributed by atoms with Crippen molar-refractivity contribution in [2.45, 2.75) is 6.54 Å². The summed E-state index contributed by atoms with van der Waals surface area (Å²) in [4.78, 5) is 22.7. The molecule has 3 aromatic rings. The molecular formula is C21H20N4O3. The summed E-state index contributed by atoms with van der Waals surface area (Å²) in [5, 5.41) is 7.12. The second-order valence-electron chi connectivity index (χ2n) is 6.00. The highest BCUT2D eigenvalue weighted by molar-refractivity contribution is 5.91. The van der Waals surface area contributed by atoms with Gasteiger partial charge in [0.2, 0.25) is 5.91 Å². The predicted molar refractivity (Wildman–Crippen MR) is 106 cm³/mol. The molecule has 7 heteroatoms. The fourth-order valence-electron chi connectivity index (χ4n) is 2.42. The van der Waals surface area contributed by atoms with Crippen LogP contribution in [0.25, 0.3) is 11.8 Å². The number of primary amides is 1. The molecule has 2 aromatic carbocycles. The summed E-state index contributed by atoms with van der Waals surface area (Å²) in [5.74, 6) is -0.202. The van der Waals surface area contributed by atoms with Gasteiger partial charge in [0, 0.05) is 24.4 Å². The Hall–Kier alpha value is -3.87. The van der Waals surface area contributed by atoms with Crippen LogP contribution in [0.1, 0.15) is 11.1 Å². The van der Waals surface area contributed by atoms with Crippen molar-refractivity contribution in [1.29, 1.82) is 0 Å². The number of rotatable bonds is 8. The first-order valence-corrected chi connectivity index (χ1v) is 8.66. The fraction of sp³-hybridized carbons (Fsp3) is 0.0952. The van der Waals surface area contributed by atoms with E-state index in [0.29, 0.717) is 12.3 Å². The molecule has 3 rings (SSSR count). The number of carbonyl (C=O) groups is 2. The lowest BCUT2D eigenvalue weighted by Gasteiger charge is -2.03. The Morgan fingerprint density at radius 1 is 1.11 bits per heavy atom. The van der Waals surface area contributed by atoms with Crippen LogP contribution in [0.2, 0.25) is 0 Å². The molecule has 0 atom stereocenters. The topological polar surface area (TPSA) is 99.2 Å². The van der Waals surface area contributed by atoms with Crippen LogP contribution in [-0.4, -0.2) is 28.2 Å². The molecule has 1 heterocycles.